The van der Waals surface area contributed by atoms with E-state index in [-0.39, 0.29) is 33.1 Å². The number of aromatic nitrogens is 2. The van der Waals surface area contributed by atoms with Crippen molar-refractivity contribution >= 4 is 43.0 Å². The molecule has 0 aliphatic carbocycles. The fourth-order valence-electron chi connectivity index (χ4n) is 4.20. The highest BCUT2D eigenvalue weighted by Crippen LogP contribution is 2.33. The summed E-state index contributed by atoms with van der Waals surface area (Å²) in [5.41, 5.74) is 0.669. The van der Waals surface area contributed by atoms with E-state index in [1.54, 1.807) is 45.0 Å². The van der Waals surface area contributed by atoms with Crippen LogP contribution < -0.4 is 10.6 Å². The molecular formula is C27H31F2N5O5S. The Morgan fingerprint density at radius 3 is 2.40 bits per heavy atom. The van der Waals surface area contributed by atoms with Crippen molar-refractivity contribution in [2.24, 2.45) is 0 Å². The van der Waals surface area contributed by atoms with Crippen LogP contribution in [0.15, 0.2) is 48.5 Å². The van der Waals surface area contributed by atoms with Crippen LogP contribution in [-0.2, 0) is 27.4 Å². The van der Waals surface area contributed by atoms with Gasteiger partial charge in [0.1, 0.15) is 40.6 Å². The lowest BCUT2D eigenvalue weighted by Gasteiger charge is -2.31. The number of carbonyl (C=O) groups is 3. The first-order chi connectivity index (χ1) is 18.4. The van der Waals surface area contributed by atoms with Crippen LogP contribution in [0, 0.1) is 11.6 Å². The molecule has 3 N–H and O–H groups in total. The number of carboxylic acid groups (broad SMARTS) is 1. The van der Waals surface area contributed by atoms with Crippen molar-refractivity contribution < 1.29 is 33.0 Å². The number of amides is 2. The number of hydrogen-bond donors (Lipinski definition) is 3. The molecule has 0 bridgehead atoms. The number of anilines is 2. The van der Waals surface area contributed by atoms with Crippen molar-refractivity contribution in [1.29, 1.82) is 0 Å². The molecule has 2 amide bonds. The number of aliphatic carboxylic acids is 1. The smallest absolute Gasteiger partial charge is 0.408 e. The van der Waals surface area contributed by atoms with Crippen molar-refractivity contribution in [3.63, 3.8) is 0 Å². The van der Waals surface area contributed by atoms with Gasteiger partial charge in [-0.25, -0.2) is 18.6 Å². The first-order valence-electron chi connectivity index (χ1n) is 12.3. The number of ether oxygens (including phenoxy) is 1. The van der Waals surface area contributed by atoms with Gasteiger partial charge in [0.05, 0.1) is 13.0 Å². The van der Waals surface area contributed by atoms with Gasteiger partial charge in [0, 0.05) is 24.3 Å². The van der Waals surface area contributed by atoms with Crippen LogP contribution in [0.4, 0.5) is 25.1 Å². The molecule has 0 fully saturated rings. The Kier molecular flexibility index (Phi) is 9.40. The Morgan fingerprint density at radius 2 is 1.77 bits per heavy atom. The Bertz CT molecular complexity index is 1390. The van der Waals surface area contributed by atoms with Crippen LogP contribution >= 0.6 is 13.5 Å². The second-order valence-electron chi connectivity index (χ2n) is 10.1. The molecule has 1 aromatic heterocycles. The predicted molar refractivity (Wildman–Crippen MR) is 149 cm³/mol. The monoisotopic (exact) mass is 575 g/mol. The van der Waals surface area contributed by atoms with Crippen LogP contribution in [0.3, 0.4) is 0 Å². The van der Waals surface area contributed by atoms with E-state index < -0.39 is 47.7 Å². The van der Waals surface area contributed by atoms with E-state index in [9.17, 15) is 28.3 Å². The summed E-state index contributed by atoms with van der Waals surface area (Å²) < 4.78 is 34.5. The maximum atomic E-state index is 14.1. The van der Waals surface area contributed by atoms with E-state index in [4.69, 9.17) is 4.74 Å². The summed E-state index contributed by atoms with van der Waals surface area (Å²) in [6.45, 7) is 5.43. The second-order valence-corrected chi connectivity index (χ2v) is 10.1. The third kappa shape index (κ3) is 7.50. The summed E-state index contributed by atoms with van der Waals surface area (Å²) in [6, 6.07) is 10.3. The fraction of sp³-hybridized carbons (Fsp3) is 0.333. The van der Waals surface area contributed by atoms with Gasteiger partial charge in [0.2, 0.25) is 5.91 Å². The minimum absolute atomic E-state index is 0. The first-order valence-corrected chi connectivity index (χ1v) is 12.3. The summed E-state index contributed by atoms with van der Waals surface area (Å²) in [4.78, 5) is 43.1. The number of hydrogen-bond acceptors (Lipinski definition) is 6. The molecule has 3 aromatic rings. The average Bonchev–Trinajstić information content (AvgIpc) is 3.20. The summed E-state index contributed by atoms with van der Waals surface area (Å²) in [6.07, 6.45) is -1.53. The molecule has 2 aromatic carbocycles. The minimum atomic E-state index is -1.35. The molecule has 2 heterocycles. The molecule has 40 heavy (non-hydrogen) atoms. The summed E-state index contributed by atoms with van der Waals surface area (Å²) in [7, 11) is 0. The Labute approximate surface area is 236 Å². The van der Waals surface area contributed by atoms with Crippen LogP contribution in [-0.4, -0.2) is 55.7 Å². The molecule has 10 nitrogen and oxygen atoms in total. The quantitative estimate of drug-likeness (QED) is 0.381. The maximum Gasteiger partial charge on any atom is 0.408 e. The molecule has 0 spiro atoms. The maximum absolute atomic E-state index is 14.1. The van der Waals surface area contributed by atoms with Crippen molar-refractivity contribution in [2.45, 2.75) is 51.9 Å². The van der Waals surface area contributed by atoms with E-state index in [1.807, 2.05) is 4.57 Å². The number of carboxylic acids is 1. The number of nitrogens with one attached hydrogen (secondary N) is 2. The number of imidazole rings is 1. The molecule has 1 atom stereocenters. The molecular weight excluding hydrogens is 544 g/mol. The summed E-state index contributed by atoms with van der Waals surface area (Å²) >= 11 is 0. The third-order valence-corrected chi connectivity index (χ3v) is 5.86. The Morgan fingerprint density at radius 1 is 1.07 bits per heavy atom. The summed E-state index contributed by atoms with van der Waals surface area (Å²) in [5.74, 6) is -1.72. The molecule has 13 heteroatoms. The van der Waals surface area contributed by atoms with Crippen molar-refractivity contribution in [2.75, 3.05) is 11.9 Å². The standard InChI is InChI=1S/C27H29F2N5O5.H2S/c1-27(2,3)39-26(38)31-20(14-22(35)36)25(37)33-11-12-34-21(15-33)32-23(16-5-4-6-18(29)13-16)24(34)30-19-9-7-17(28)8-10-19;/h4-10,13,20,30H,11-12,14-15H2,1-3H3,(H,31,38)(H,35,36);1H2/t20-;/m0./s1. The van der Waals surface area contributed by atoms with Crippen molar-refractivity contribution in [3.8, 4) is 11.3 Å². The van der Waals surface area contributed by atoms with E-state index in [2.05, 4.69) is 15.6 Å². The van der Waals surface area contributed by atoms with Crippen molar-refractivity contribution in [3.05, 3.63) is 66.0 Å². The molecule has 0 saturated heterocycles. The number of rotatable bonds is 7. The zero-order chi connectivity index (χ0) is 28.3. The fourth-order valence-corrected chi connectivity index (χ4v) is 4.20. The van der Waals surface area contributed by atoms with Crippen LogP contribution in [0.1, 0.15) is 33.0 Å². The number of fused-ring (bicyclic) bond motifs is 1. The first kappa shape index (κ1) is 30.4. The Balaban J connectivity index is 0.00000441. The van der Waals surface area contributed by atoms with E-state index in [0.717, 1.165) is 0 Å². The molecule has 1 aliphatic rings. The lowest BCUT2D eigenvalue weighted by molar-refractivity contribution is -0.143. The molecule has 1 aliphatic heterocycles. The van der Waals surface area contributed by atoms with E-state index in [1.165, 1.54) is 29.2 Å². The number of benzene rings is 2. The SMILES string of the molecule is CC(C)(C)OC(=O)N[C@@H](CC(=O)O)C(=O)N1CCn2c(nc(-c3cccc(F)c3)c2Nc2ccc(F)cc2)C1.S. The van der Waals surface area contributed by atoms with Gasteiger partial charge >= 0.3 is 12.1 Å². The van der Waals surface area contributed by atoms with Gasteiger partial charge in [-0.1, -0.05) is 12.1 Å². The average molecular weight is 576 g/mol. The van der Waals surface area contributed by atoms with E-state index in [0.29, 0.717) is 28.6 Å². The lowest BCUT2D eigenvalue weighted by atomic mass is 10.1. The van der Waals surface area contributed by atoms with Gasteiger partial charge in [0.25, 0.3) is 0 Å². The number of carbonyl (C=O) groups excluding carboxylic acids is 2. The minimum Gasteiger partial charge on any atom is -0.481 e. The third-order valence-electron chi connectivity index (χ3n) is 5.86. The molecule has 0 unspecified atom stereocenters. The molecule has 214 valence electrons. The molecule has 0 radical (unpaired) electrons. The molecule has 0 saturated carbocycles. The van der Waals surface area contributed by atoms with Crippen LogP contribution in [0.2, 0.25) is 0 Å². The van der Waals surface area contributed by atoms with Gasteiger partial charge in [-0.2, -0.15) is 13.5 Å². The highest BCUT2D eigenvalue weighted by molar-refractivity contribution is 7.59. The van der Waals surface area contributed by atoms with E-state index >= 15 is 0 Å². The van der Waals surface area contributed by atoms with Gasteiger partial charge in [-0.05, 0) is 57.2 Å². The van der Waals surface area contributed by atoms with Gasteiger partial charge in [-0.3, -0.25) is 9.59 Å². The molecule has 4 rings (SSSR count). The second kappa shape index (κ2) is 12.4. The van der Waals surface area contributed by atoms with Gasteiger partial charge < -0.3 is 29.9 Å². The number of halogens is 2. The zero-order valence-electron chi connectivity index (χ0n) is 22.2. The van der Waals surface area contributed by atoms with Gasteiger partial charge in [-0.15, -0.1) is 0 Å². The topological polar surface area (TPSA) is 126 Å². The largest absolute Gasteiger partial charge is 0.481 e. The highest BCUT2D eigenvalue weighted by Gasteiger charge is 2.33. The Hall–Kier alpha value is -4.13. The highest BCUT2D eigenvalue weighted by atomic mass is 32.1. The summed E-state index contributed by atoms with van der Waals surface area (Å²) in [5, 5.41) is 14.9. The normalized spacial score (nSPS) is 13.5. The van der Waals surface area contributed by atoms with Crippen molar-refractivity contribution in [1.82, 2.24) is 19.8 Å². The number of nitrogens with zero attached hydrogens (tertiary/aromatic N) is 3. The van der Waals surface area contributed by atoms with Crippen LogP contribution in [0.5, 0.6) is 0 Å². The van der Waals surface area contributed by atoms with Gasteiger partial charge in [0.15, 0.2) is 0 Å². The predicted octanol–water partition coefficient (Wildman–Crippen LogP) is 4.39. The lowest BCUT2D eigenvalue weighted by Crippen LogP contribution is -2.52. The number of alkyl carbamates (subject to hydrolysis) is 1. The van der Waals surface area contributed by atoms with Crippen LogP contribution in [0.25, 0.3) is 11.3 Å². The zero-order valence-corrected chi connectivity index (χ0v) is 23.2.